The first kappa shape index (κ1) is 21.3. The summed E-state index contributed by atoms with van der Waals surface area (Å²) in [4.78, 5) is 26.4. The summed E-state index contributed by atoms with van der Waals surface area (Å²) >= 11 is -0.830. The van der Waals surface area contributed by atoms with E-state index in [1.165, 1.54) is 6.07 Å². The number of aryl methyl sites for hydroxylation is 1. The van der Waals surface area contributed by atoms with E-state index in [0.29, 0.717) is 47.1 Å². The molecule has 4 rings (SSSR count). The van der Waals surface area contributed by atoms with Crippen molar-refractivity contribution in [2.24, 2.45) is 0 Å². The maximum atomic E-state index is 12.9. The number of aromatic carboxylic acids is 1. The van der Waals surface area contributed by atoms with Gasteiger partial charge in [0.05, 0.1) is 30.1 Å². The van der Waals surface area contributed by atoms with E-state index < -0.39 is 17.1 Å². The van der Waals surface area contributed by atoms with Crippen LogP contribution in [0.15, 0.2) is 51.7 Å². The summed E-state index contributed by atoms with van der Waals surface area (Å²) < 4.78 is 17.9. The monoisotopic (exact) mass is 440 g/mol. The molecule has 3 aromatic rings. The van der Waals surface area contributed by atoms with Crippen molar-refractivity contribution >= 4 is 39.7 Å². The summed E-state index contributed by atoms with van der Waals surface area (Å²) in [6.07, 6.45) is 0. The van der Waals surface area contributed by atoms with Gasteiger partial charge in [-0.1, -0.05) is 29.4 Å². The molecule has 0 aliphatic carbocycles. The van der Waals surface area contributed by atoms with Crippen LogP contribution in [0.5, 0.6) is 0 Å². The van der Waals surface area contributed by atoms with Gasteiger partial charge in [-0.15, -0.1) is 0 Å². The molecular weight excluding hydrogens is 416 g/mol. The minimum absolute atomic E-state index is 0.133. The van der Waals surface area contributed by atoms with Crippen molar-refractivity contribution in [3.05, 3.63) is 69.4 Å². The van der Waals surface area contributed by atoms with Crippen LogP contribution in [0.2, 0.25) is 0 Å². The Bertz CT molecular complexity index is 1180. The zero-order valence-corrected chi connectivity index (χ0v) is 18.2. The van der Waals surface area contributed by atoms with Crippen molar-refractivity contribution in [3.8, 4) is 0 Å². The van der Waals surface area contributed by atoms with Crippen LogP contribution in [0.3, 0.4) is 0 Å². The van der Waals surface area contributed by atoms with E-state index in [0.717, 1.165) is 11.1 Å². The first-order valence-corrected chi connectivity index (χ1v) is 11.6. The fraction of sp³-hybridized carbons (Fsp3) is 0.304. The predicted octanol–water partition coefficient (Wildman–Crippen LogP) is 3.54. The molecule has 31 heavy (non-hydrogen) atoms. The number of anilines is 2. The Labute approximate surface area is 182 Å². The molecule has 2 heterocycles. The number of benzene rings is 2. The minimum atomic E-state index is -1.01. The highest BCUT2D eigenvalue weighted by molar-refractivity contribution is 7.91. The van der Waals surface area contributed by atoms with Crippen molar-refractivity contribution in [3.63, 3.8) is 0 Å². The van der Waals surface area contributed by atoms with Gasteiger partial charge in [0.1, 0.15) is 17.1 Å². The van der Waals surface area contributed by atoms with E-state index in [4.69, 9.17) is 4.42 Å². The van der Waals surface area contributed by atoms with Crippen molar-refractivity contribution in [2.75, 3.05) is 34.8 Å². The molecule has 1 aliphatic heterocycles. The second-order valence-corrected chi connectivity index (χ2v) is 9.43. The van der Waals surface area contributed by atoms with Crippen LogP contribution < -0.4 is 15.6 Å². The third-order valence-corrected chi connectivity index (χ3v) is 6.75. The largest absolute Gasteiger partial charge is 0.616 e. The Kier molecular flexibility index (Phi) is 5.93. The molecule has 7 nitrogen and oxygen atoms in total. The van der Waals surface area contributed by atoms with E-state index in [9.17, 15) is 19.2 Å². The topological polar surface area (TPSA) is 106 Å². The number of nitrogens with one attached hydrogen (secondary N) is 1. The lowest BCUT2D eigenvalue weighted by molar-refractivity contribution is 0.0698. The maximum absolute atomic E-state index is 12.9. The summed E-state index contributed by atoms with van der Waals surface area (Å²) in [5.41, 5.74) is 2.70. The van der Waals surface area contributed by atoms with E-state index in [2.05, 4.69) is 5.32 Å². The Morgan fingerprint density at radius 1 is 1.23 bits per heavy atom. The molecule has 0 bridgehead atoms. The van der Waals surface area contributed by atoms with Gasteiger partial charge in [-0.05, 0) is 37.6 Å². The van der Waals surface area contributed by atoms with Gasteiger partial charge in [0.15, 0.2) is 11.3 Å². The Morgan fingerprint density at radius 3 is 2.65 bits per heavy atom. The number of carboxylic acid groups (broad SMARTS) is 1. The standard InChI is InChI=1S/C23H24N2O5S/c1-14-11-17(15(2)24-19-6-4-3-5-16(19)23(27)28)22-18(12-14)20(26)13-21(30-22)25-7-9-31(29)10-8-25/h3-6,11-13,15,24H,7-10H2,1-2H3,(H,27,28). The fourth-order valence-electron chi connectivity index (χ4n) is 3.86. The lowest BCUT2D eigenvalue weighted by Gasteiger charge is -2.28. The third kappa shape index (κ3) is 4.40. The number of nitrogens with zero attached hydrogens (tertiary/aromatic N) is 1. The molecule has 1 aromatic heterocycles. The number of para-hydroxylation sites is 1. The van der Waals surface area contributed by atoms with Gasteiger partial charge >= 0.3 is 5.97 Å². The first-order chi connectivity index (χ1) is 14.8. The number of hydrogen-bond acceptors (Lipinski definition) is 6. The molecule has 0 saturated carbocycles. The van der Waals surface area contributed by atoms with Crippen LogP contribution in [0.4, 0.5) is 11.6 Å². The van der Waals surface area contributed by atoms with Crippen LogP contribution in [0.25, 0.3) is 11.0 Å². The number of carboxylic acids is 1. The zero-order valence-electron chi connectivity index (χ0n) is 17.4. The lowest BCUT2D eigenvalue weighted by Crippen LogP contribution is -2.40. The normalized spacial score (nSPS) is 15.8. The average molecular weight is 441 g/mol. The molecule has 1 atom stereocenters. The minimum Gasteiger partial charge on any atom is -0.616 e. The van der Waals surface area contributed by atoms with Crippen molar-refractivity contribution in [1.82, 2.24) is 0 Å². The maximum Gasteiger partial charge on any atom is 0.337 e. The molecule has 162 valence electrons. The highest BCUT2D eigenvalue weighted by atomic mass is 32.2. The first-order valence-electron chi connectivity index (χ1n) is 10.1. The summed E-state index contributed by atoms with van der Waals surface area (Å²) in [6, 6.07) is 11.6. The van der Waals surface area contributed by atoms with Crippen molar-refractivity contribution in [1.29, 1.82) is 0 Å². The quantitative estimate of drug-likeness (QED) is 0.585. The van der Waals surface area contributed by atoms with E-state index in [1.54, 1.807) is 30.3 Å². The van der Waals surface area contributed by atoms with Crippen molar-refractivity contribution < 1.29 is 18.9 Å². The summed E-state index contributed by atoms with van der Waals surface area (Å²) in [7, 11) is 0. The van der Waals surface area contributed by atoms with Crippen LogP contribution in [-0.4, -0.2) is 40.2 Å². The van der Waals surface area contributed by atoms with Gasteiger partial charge in [0, 0.05) is 17.3 Å². The Morgan fingerprint density at radius 2 is 1.94 bits per heavy atom. The third-order valence-electron chi connectivity index (χ3n) is 5.47. The van der Waals surface area contributed by atoms with Gasteiger partial charge < -0.3 is 24.3 Å². The van der Waals surface area contributed by atoms with Crippen LogP contribution >= 0.6 is 0 Å². The molecule has 8 heteroatoms. The number of rotatable bonds is 5. The second kappa shape index (κ2) is 8.64. The summed E-state index contributed by atoms with van der Waals surface area (Å²) in [5, 5.41) is 13.2. The molecule has 0 spiro atoms. The lowest BCUT2D eigenvalue weighted by atomic mass is 10.0. The van der Waals surface area contributed by atoms with Crippen molar-refractivity contribution in [2.45, 2.75) is 19.9 Å². The molecular formula is C23H24N2O5S. The molecule has 2 aromatic carbocycles. The van der Waals surface area contributed by atoms with Gasteiger partial charge in [-0.3, -0.25) is 4.79 Å². The SMILES string of the molecule is Cc1cc(C(C)Nc2ccccc2C(=O)O)c2oc(N3CC[S+]([O-])CC3)cc(=O)c2c1. The molecule has 0 amide bonds. The van der Waals surface area contributed by atoms with Crippen LogP contribution in [0, 0.1) is 6.92 Å². The van der Waals surface area contributed by atoms with Crippen LogP contribution in [-0.2, 0) is 11.2 Å². The molecule has 0 radical (unpaired) electrons. The van der Waals surface area contributed by atoms with E-state index in [1.807, 2.05) is 24.8 Å². The summed E-state index contributed by atoms with van der Waals surface area (Å²) in [5.74, 6) is 0.553. The number of fused-ring (bicyclic) bond motifs is 1. The van der Waals surface area contributed by atoms with Gasteiger partial charge in [0.25, 0.3) is 0 Å². The molecule has 1 unspecified atom stereocenters. The smallest absolute Gasteiger partial charge is 0.337 e. The van der Waals surface area contributed by atoms with E-state index in [-0.39, 0.29) is 17.0 Å². The average Bonchev–Trinajstić information content (AvgIpc) is 2.74. The number of hydrogen-bond donors (Lipinski definition) is 2. The van der Waals surface area contributed by atoms with Gasteiger partial charge in [-0.2, -0.15) is 0 Å². The predicted molar refractivity (Wildman–Crippen MR) is 123 cm³/mol. The molecule has 1 saturated heterocycles. The second-order valence-electron chi connectivity index (χ2n) is 7.73. The number of carbonyl (C=O) groups is 1. The molecule has 1 aliphatic rings. The molecule has 2 N–H and O–H groups in total. The Balaban J connectivity index is 1.76. The highest BCUT2D eigenvalue weighted by Crippen LogP contribution is 2.31. The van der Waals surface area contributed by atoms with Gasteiger partial charge in [-0.25, -0.2) is 4.79 Å². The zero-order chi connectivity index (χ0) is 22.1. The fourth-order valence-corrected chi connectivity index (χ4v) is 4.92. The highest BCUT2D eigenvalue weighted by Gasteiger charge is 2.23. The Hall–Kier alpha value is -2.97. The van der Waals surface area contributed by atoms with Crippen LogP contribution in [0.1, 0.15) is 34.5 Å². The summed E-state index contributed by atoms with van der Waals surface area (Å²) in [6.45, 7) is 4.96. The molecule has 1 fully saturated rings. The van der Waals surface area contributed by atoms with Gasteiger partial charge in [0.2, 0.25) is 0 Å². The van der Waals surface area contributed by atoms with E-state index >= 15 is 0 Å².